The number of nitrogens with one attached hydrogen (secondary N) is 2. The Morgan fingerprint density at radius 3 is 2.50 bits per heavy atom. The van der Waals surface area contributed by atoms with E-state index in [1.54, 1.807) is 24.3 Å². The summed E-state index contributed by atoms with van der Waals surface area (Å²) in [4.78, 5) is 40.9. The SMILES string of the molecule is CCOc1cccc(NC(=O)CC2C(=O)N(Cc3ccccc3)C(=S)N2NC(=O)c2ccc(Cl)cc2Cl)c1. The minimum atomic E-state index is -1.07. The first kappa shape index (κ1) is 27.4. The van der Waals surface area contributed by atoms with Crippen molar-refractivity contribution >= 4 is 63.9 Å². The minimum Gasteiger partial charge on any atom is -0.494 e. The number of thiocarbonyl (C=S) groups is 1. The van der Waals surface area contributed by atoms with Gasteiger partial charge < -0.3 is 10.1 Å². The molecule has 1 heterocycles. The summed E-state index contributed by atoms with van der Waals surface area (Å²) in [5, 5.41) is 4.59. The van der Waals surface area contributed by atoms with Crippen LogP contribution in [0.5, 0.6) is 5.75 Å². The molecule has 4 rings (SSSR count). The van der Waals surface area contributed by atoms with Crippen LogP contribution in [0.15, 0.2) is 72.8 Å². The molecule has 2 N–H and O–H groups in total. The van der Waals surface area contributed by atoms with E-state index in [9.17, 15) is 14.4 Å². The molecule has 0 spiro atoms. The maximum atomic E-state index is 13.5. The van der Waals surface area contributed by atoms with Crippen molar-refractivity contribution in [3.63, 3.8) is 0 Å². The first-order chi connectivity index (χ1) is 18.3. The number of hydrogen-bond acceptors (Lipinski definition) is 5. The number of hydrazine groups is 1. The van der Waals surface area contributed by atoms with Crippen LogP contribution in [-0.4, -0.2) is 45.4 Å². The molecule has 196 valence electrons. The minimum absolute atomic E-state index is 0.0634. The molecule has 0 bridgehead atoms. The summed E-state index contributed by atoms with van der Waals surface area (Å²) in [5.41, 5.74) is 4.16. The number of rotatable bonds is 9. The Labute approximate surface area is 235 Å². The Bertz CT molecular complexity index is 1370. The molecule has 0 saturated carbocycles. The summed E-state index contributed by atoms with van der Waals surface area (Å²) in [5.74, 6) is -0.853. The van der Waals surface area contributed by atoms with E-state index in [0.29, 0.717) is 23.1 Å². The fourth-order valence-corrected chi connectivity index (χ4v) is 4.75. The van der Waals surface area contributed by atoms with Crippen molar-refractivity contribution < 1.29 is 19.1 Å². The van der Waals surface area contributed by atoms with Gasteiger partial charge in [0.05, 0.1) is 30.2 Å². The molecule has 1 atom stereocenters. The number of nitrogens with zero attached hydrogens (tertiary/aromatic N) is 2. The summed E-state index contributed by atoms with van der Waals surface area (Å²) in [6.45, 7) is 2.53. The van der Waals surface area contributed by atoms with E-state index >= 15 is 0 Å². The smallest absolute Gasteiger partial charge is 0.271 e. The monoisotopic (exact) mass is 570 g/mol. The molecule has 1 fully saturated rings. The number of halogens is 2. The van der Waals surface area contributed by atoms with E-state index in [2.05, 4.69) is 10.7 Å². The Morgan fingerprint density at radius 1 is 1.03 bits per heavy atom. The van der Waals surface area contributed by atoms with Crippen molar-refractivity contribution in [2.75, 3.05) is 11.9 Å². The van der Waals surface area contributed by atoms with Crippen LogP contribution in [0.4, 0.5) is 5.69 Å². The Kier molecular flexibility index (Phi) is 8.83. The molecule has 38 heavy (non-hydrogen) atoms. The zero-order chi connectivity index (χ0) is 27.2. The van der Waals surface area contributed by atoms with Gasteiger partial charge in [0.15, 0.2) is 5.11 Å². The average Bonchev–Trinajstić information content (AvgIpc) is 3.09. The lowest BCUT2D eigenvalue weighted by molar-refractivity contribution is -0.131. The highest BCUT2D eigenvalue weighted by Gasteiger charge is 2.44. The second-order valence-corrected chi connectivity index (χ2v) is 9.57. The highest BCUT2D eigenvalue weighted by Crippen LogP contribution is 2.25. The average molecular weight is 571 g/mol. The lowest BCUT2D eigenvalue weighted by Crippen LogP contribution is -2.49. The van der Waals surface area contributed by atoms with Gasteiger partial charge in [-0.05, 0) is 55.0 Å². The summed E-state index contributed by atoms with van der Waals surface area (Å²) in [6.07, 6.45) is -0.266. The van der Waals surface area contributed by atoms with Crippen LogP contribution < -0.4 is 15.5 Å². The van der Waals surface area contributed by atoms with Gasteiger partial charge in [-0.1, -0.05) is 59.6 Å². The van der Waals surface area contributed by atoms with Crippen molar-refractivity contribution in [3.8, 4) is 5.75 Å². The Morgan fingerprint density at radius 2 is 1.79 bits per heavy atom. The quantitative estimate of drug-likeness (QED) is 0.349. The van der Waals surface area contributed by atoms with Crippen LogP contribution in [-0.2, 0) is 16.1 Å². The highest BCUT2D eigenvalue weighted by molar-refractivity contribution is 7.80. The number of carbonyl (C=O) groups is 3. The van der Waals surface area contributed by atoms with E-state index < -0.39 is 23.8 Å². The Hall–Kier alpha value is -3.66. The van der Waals surface area contributed by atoms with E-state index in [0.717, 1.165) is 5.56 Å². The van der Waals surface area contributed by atoms with Gasteiger partial charge in [-0.3, -0.25) is 24.7 Å². The van der Waals surface area contributed by atoms with E-state index in [-0.39, 0.29) is 28.7 Å². The molecule has 11 heteroatoms. The number of anilines is 1. The molecule has 1 saturated heterocycles. The molecule has 3 aromatic carbocycles. The molecular formula is C27H24Cl2N4O4S. The zero-order valence-corrected chi connectivity index (χ0v) is 22.6. The Balaban J connectivity index is 1.56. The van der Waals surface area contributed by atoms with Crippen LogP contribution in [0.1, 0.15) is 29.3 Å². The van der Waals surface area contributed by atoms with Gasteiger partial charge >= 0.3 is 0 Å². The van der Waals surface area contributed by atoms with Crippen LogP contribution in [0.25, 0.3) is 0 Å². The number of hydrogen-bond donors (Lipinski definition) is 2. The first-order valence-electron chi connectivity index (χ1n) is 11.7. The maximum Gasteiger partial charge on any atom is 0.271 e. The van der Waals surface area contributed by atoms with E-state index in [4.69, 9.17) is 40.2 Å². The number of benzene rings is 3. The molecule has 1 aliphatic rings. The predicted molar refractivity (Wildman–Crippen MR) is 150 cm³/mol. The van der Waals surface area contributed by atoms with Crippen LogP contribution in [0, 0.1) is 0 Å². The van der Waals surface area contributed by atoms with Gasteiger partial charge in [0.2, 0.25) is 5.91 Å². The zero-order valence-electron chi connectivity index (χ0n) is 20.3. The number of amides is 3. The van der Waals surface area contributed by atoms with Crippen LogP contribution in [0.3, 0.4) is 0 Å². The normalized spacial score (nSPS) is 15.0. The molecule has 0 radical (unpaired) electrons. The summed E-state index contributed by atoms with van der Waals surface area (Å²) >= 11 is 17.7. The largest absolute Gasteiger partial charge is 0.494 e. The fourth-order valence-electron chi connectivity index (χ4n) is 3.93. The van der Waals surface area contributed by atoms with Crippen LogP contribution >= 0.6 is 35.4 Å². The lowest BCUT2D eigenvalue weighted by atomic mass is 10.1. The summed E-state index contributed by atoms with van der Waals surface area (Å²) in [6, 6.07) is 19.6. The van der Waals surface area contributed by atoms with Crippen LogP contribution in [0.2, 0.25) is 10.0 Å². The summed E-state index contributed by atoms with van der Waals surface area (Å²) < 4.78 is 5.48. The molecule has 8 nitrogen and oxygen atoms in total. The molecule has 0 aromatic heterocycles. The standard InChI is InChI=1S/C27H24Cl2N4O4S/c1-2-37-20-10-6-9-19(14-20)30-24(34)15-23-26(36)32(16-17-7-4-3-5-8-17)27(38)33(23)31-25(35)21-12-11-18(28)13-22(21)29/h3-14,23H,2,15-16H2,1H3,(H,30,34)(H,31,35). The van der Waals surface area contributed by atoms with Crippen molar-refractivity contribution in [1.82, 2.24) is 15.3 Å². The van der Waals surface area contributed by atoms with Gasteiger partial charge in [0.1, 0.15) is 11.8 Å². The third-order valence-electron chi connectivity index (χ3n) is 5.69. The van der Waals surface area contributed by atoms with Crippen molar-refractivity contribution in [3.05, 3.63) is 94.0 Å². The van der Waals surface area contributed by atoms with Gasteiger partial charge in [-0.15, -0.1) is 0 Å². The number of ether oxygens (including phenoxy) is 1. The molecule has 3 amide bonds. The first-order valence-corrected chi connectivity index (χ1v) is 12.9. The fraction of sp³-hybridized carbons (Fsp3) is 0.185. The van der Waals surface area contributed by atoms with Crippen molar-refractivity contribution in [2.45, 2.75) is 25.9 Å². The number of carbonyl (C=O) groups excluding carboxylic acids is 3. The predicted octanol–water partition coefficient (Wildman–Crippen LogP) is 5.06. The molecule has 3 aromatic rings. The van der Waals surface area contributed by atoms with Crippen molar-refractivity contribution in [2.24, 2.45) is 0 Å². The second kappa shape index (κ2) is 12.3. The molecule has 1 unspecified atom stereocenters. The van der Waals surface area contributed by atoms with E-state index in [1.807, 2.05) is 37.3 Å². The molecular weight excluding hydrogens is 547 g/mol. The van der Waals surface area contributed by atoms with Gasteiger partial charge in [0, 0.05) is 16.8 Å². The van der Waals surface area contributed by atoms with Gasteiger partial charge in [-0.2, -0.15) is 0 Å². The molecule has 1 aliphatic heterocycles. The van der Waals surface area contributed by atoms with Gasteiger partial charge in [0.25, 0.3) is 11.8 Å². The third-order valence-corrected chi connectivity index (χ3v) is 6.65. The second-order valence-electron chi connectivity index (χ2n) is 8.36. The lowest BCUT2D eigenvalue weighted by Gasteiger charge is -2.24. The molecule has 0 aliphatic carbocycles. The van der Waals surface area contributed by atoms with E-state index in [1.165, 1.54) is 28.1 Å². The topological polar surface area (TPSA) is 91.0 Å². The maximum absolute atomic E-state index is 13.5. The highest BCUT2D eigenvalue weighted by atomic mass is 35.5. The summed E-state index contributed by atoms with van der Waals surface area (Å²) in [7, 11) is 0. The third kappa shape index (κ3) is 6.42. The van der Waals surface area contributed by atoms with Gasteiger partial charge in [-0.25, -0.2) is 5.01 Å². The van der Waals surface area contributed by atoms with Crippen molar-refractivity contribution in [1.29, 1.82) is 0 Å².